The Labute approximate surface area is 176 Å². The molecule has 0 aromatic carbocycles. The van der Waals surface area contributed by atoms with Gasteiger partial charge in [0, 0.05) is 24.7 Å². The highest BCUT2D eigenvalue weighted by Crippen LogP contribution is 2.24. The summed E-state index contributed by atoms with van der Waals surface area (Å²) in [6, 6.07) is 3.71. The molecule has 1 unspecified atom stereocenters. The van der Waals surface area contributed by atoms with Gasteiger partial charge in [0.15, 0.2) is 11.6 Å². The van der Waals surface area contributed by atoms with Gasteiger partial charge in [0.25, 0.3) is 11.8 Å². The van der Waals surface area contributed by atoms with Gasteiger partial charge in [-0.3, -0.25) is 4.79 Å². The van der Waals surface area contributed by atoms with Crippen LogP contribution in [0.1, 0.15) is 62.4 Å². The summed E-state index contributed by atoms with van der Waals surface area (Å²) in [5.41, 5.74) is 1.97. The molecule has 4 rings (SSSR count). The number of aromatic nitrogens is 5. The molecule has 0 radical (unpaired) electrons. The van der Waals surface area contributed by atoms with Gasteiger partial charge in [0.2, 0.25) is 0 Å². The van der Waals surface area contributed by atoms with E-state index in [2.05, 4.69) is 27.1 Å². The van der Waals surface area contributed by atoms with E-state index in [1.54, 1.807) is 17.1 Å². The summed E-state index contributed by atoms with van der Waals surface area (Å²) in [5, 5.41) is 8.47. The summed E-state index contributed by atoms with van der Waals surface area (Å²) in [5.74, 6) is 2.31. The Bertz CT molecular complexity index is 1040. The molecule has 1 atom stereocenters. The van der Waals surface area contributed by atoms with Gasteiger partial charge in [0.05, 0.1) is 23.0 Å². The van der Waals surface area contributed by atoms with Crippen molar-refractivity contribution in [2.75, 3.05) is 13.1 Å². The summed E-state index contributed by atoms with van der Waals surface area (Å²) in [4.78, 5) is 23.9. The minimum absolute atomic E-state index is 0.0440. The number of rotatable bonds is 3. The van der Waals surface area contributed by atoms with Gasteiger partial charge in [0.1, 0.15) is 0 Å². The van der Waals surface area contributed by atoms with Crippen LogP contribution in [0.25, 0.3) is 17.3 Å². The van der Waals surface area contributed by atoms with Crippen molar-refractivity contribution in [3.63, 3.8) is 0 Å². The molecule has 158 valence electrons. The highest BCUT2D eigenvalue weighted by atomic mass is 16.5. The number of piperidine rings is 1. The molecular formula is C22H28N6O2. The SMILES string of the molecule is Cc1c(C(=O)N2CCCC(C)C2)cnn1-c1ccc(-c2nc(C(C)(C)C)no2)cn1. The van der Waals surface area contributed by atoms with Crippen LogP contribution in [0.4, 0.5) is 0 Å². The molecule has 0 saturated carbocycles. The van der Waals surface area contributed by atoms with Crippen LogP contribution in [-0.2, 0) is 5.41 Å². The zero-order chi connectivity index (χ0) is 21.5. The van der Waals surface area contributed by atoms with E-state index >= 15 is 0 Å². The molecule has 1 saturated heterocycles. The molecular weight excluding hydrogens is 380 g/mol. The average molecular weight is 409 g/mol. The number of nitrogens with zero attached hydrogens (tertiary/aromatic N) is 6. The first-order valence-electron chi connectivity index (χ1n) is 10.4. The summed E-state index contributed by atoms with van der Waals surface area (Å²) in [6.07, 6.45) is 5.55. The summed E-state index contributed by atoms with van der Waals surface area (Å²) >= 11 is 0. The molecule has 8 nitrogen and oxygen atoms in total. The minimum Gasteiger partial charge on any atom is -0.338 e. The average Bonchev–Trinajstić information content (AvgIpc) is 3.35. The topological polar surface area (TPSA) is 89.9 Å². The monoisotopic (exact) mass is 408 g/mol. The number of carbonyl (C=O) groups is 1. The second kappa shape index (κ2) is 7.66. The second-order valence-corrected chi connectivity index (χ2v) is 9.13. The van der Waals surface area contributed by atoms with Crippen molar-refractivity contribution in [2.45, 2.75) is 52.9 Å². The van der Waals surface area contributed by atoms with Crippen LogP contribution in [0.15, 0.2) is 29.0 Å². The van der Waals surface area contributed by atoms with Crippen LogP contribution in [-0.4, -0.2) is 48.8 Å². The fourth-order valence-corrected chi connectivity index (χ4v) is 3.68. The molecule has 1 amide bonds. The highest BCUT2D eigenvalue weighted by Gasteiger charge is 2.25. The number of hydrogen-bond donors (Lipinski definition) is 0. The van der Waals surface area contributed by atoms with Crippen LogP contribution >= 0.6 is 0 Å². The lowest BCUT2D eigenvalue weighted by molar-refractivity contribution is 0.0682. The van der Waals surface area contributed by atoms with Gasteiger partial charge >= 0.3 is 0 Å². The van der Waals surface area contributed by atoms with Crippen LogP contribution in [0.5, 0.6) is 0 Å². The first-order valence-corrected chi connectivity index (χ1v) is 10.4. The fourth-order valence-electron chi connectivity index (χ4n) is 3.68. The van der Waals surface area contributed by atoms with E-state index in [0.29, 0.717) is 29.0 Å². The Morgan fingerprint density at radius 3 is 2.67 bits per heavy atom. The summed E-state index contributed by atoms with van der Waals surface area (Å²) in [6.45, 7) is 11.8. The maximum Gasteiger partial charge on any atom is 0.259 e. The molecule has 1 fully saturated rings. The number of carbonyl (C=O) groups excluding carboxylic acids is 1. The Kier molecular flexibility index (Phi) is 5.17. The smallest absolute Gasteiger partial charge is 0.259 e. The van der Waals surface area contributed by atoms with Gasteiger partial charge in [-0.25, -0.2) is 9.67 Å². The predicted molar refractivity (Wildman–Crippen MR) is 112 cm³/mol. The fraction of sp³-hybridized carbons (Fsp3) is 0.500. The highest BCUT2D eigenvalue weighted by molar-refractivity contribution is 5.95. The lowest BCUT2D eigenvalue weighted by atomic mass is 9.96. The molecule has 0 spiro atoms. The molecule has 0 bridgehead atoms. The standard InChI is InChI=1S/C22H28N6O2/c1-14-7-6-10-27(13-14)20(29)17-12-24-28(15(17)2)18-9-8-16(11-23-18)19-25-21(26-30-19)22(3,4)5/h8-9,11-12,14H,6-7,10,13H2,1-5H3. The van der Waals surface area contributed by atoms with Gasteiger partial charge < -0.3 is 9.42 Å². The zero-order valence-corrected chi connectivity index (χ0v) is 18.2. The van der Waals surface area contributed by atoms with Crippen molar-refractivity contribution in [2.24, 2.45) is 5.92 Å². The second-order valence-electron chi connectivity index (χ2n) is 9.13. The predicted octanol–water partition coefficient (Wildman–Crippen LogP) is 3.80. The Balaban J connectivity index is 1.55. The molecule has 4 heterocycles. The quantitative estimate of drug-likeness (QED) is 0.655. The minimum atomic E-state index is -0.184. The Morgan fingerprint density at radius 2 is 2.03 bits per heavy atom. The van der Waals surface area contributed by atoms with Crippen LogP contribution < -0.4 is 0 Å². The lowest BCUT2D eigenvalue weighted by Gasteiger charge is -2.30. The van der Waals surface area contributed by atoms with Crippen LogP contribution in [0.3, 0.4) is 0 Å². The molecule has 3 aromatic heterocycles. The van der Waals surface area contributed by atoms with Gasteiger partial charge in [-0.05, 0) is 37.8 Å². The molecule has 30 heavy (non-hydrogen) atoms. The molecule has 1 aliphatic rings. The lowest BCUT2D eigenvalue weighted by Crippen LogP contribution is -2.39. The first kappa shape index (κ1) is 20.3. The summed E-state index contributed by atoms with van der Waals surface area (Å²) in [7, 11) is 0. The van der Waals surface area contributed by atoms with Crippen molar-refractivity contribution in [3.8, 4) is 17.3 Å². The molecule has 0 N–H and O–H groups in total. The van der Waals surface area contributed by atoms with Crippen molar-refractivity contribution < 1.29 is 9.32 Å². The van der Waals surface area contributed by atoms with E-state index < -0.39 is 0 Å². The van der Waals surface area contributed by atoms with E-state index in [0.717, 1.165) is 30.8 Å². The normalized spacial score (nSPS) is 17.4. The van der Waals surface area contributed by atoms with Crippen LogP contribution in [0.2, 0.25) is 0 Å². The maximum absolute atomic E-state index is 13.0. The van der Waals surface area contributed by atoms with E-state index in [1.165, 1.54) is 6.42 Å². The zero-order valence-electron chi connectivity index (χ0n) is 18.2. The first-order chi connectivity index (χ1) is 14.2. The maximum atomic E-state index is 13.0. The van der Waals surface area contributed by atoms with E-state index in [9.17, 15) is 4.79 Å². The molecule has 3 aromatic rings. The number of hydrogen-bond acceptors (Lipinski definition) is 6. The third-order valence-corrected chi connectivity index (χ3v) is 5.49. The number of pyridine rings is 1. The molecule has 0 aliphatic carbocycles. The van der Waals surface area contributed by atoms with E-state index in [-0.39, 0.29) is 11.3 Å². The largest absolute Gasteiger partial charge is 0.338 e. The van der Waals surface area contributed by atoms with Crippen molar-refractivity contribution in [3.05, 3.63) is 41.6 Å². The number of likely N-dealkylation sites (tertiary alicyclic amines) is 1. The Morgan fingerprint density at radius 1 is 1.23 bits per heavy atom. The summed E-state index contributed by atoms with van der Waals surface area (Å²) < 4.78 is 7.08. The van der Waals surface area contributed by atoms with Crippen molar-refractivity contribution in [1.29, 1.82) is 0 Å². The molecule has 1 aliphatic heterocycles. The van der Waals surface area contributed by atoms with E-state index in [1.807, 2.05) is 44.7 Å². The number of amides is 1. The third kappa shape index (κ3) is 3.86. The van der Waals surface area contributed by atoms with E-state index in [4.69, 9.17) is 4.52 Å². The van der Waals surface area contributed by atoms with Crippen molar-refractivity contribution in [1.82, 2.24) is 29.8 Å². The Hall–Kier alpha value is -3.03. The van der Waals surface area contributed by atoms with Crippen LogP contribution in [0, 0.1) is 12.8 Å². The third-order valence-electron chi connectivity index (χ3n) is 5.49. The van der Waals surface area contributed by atoms with Gasteiger partial charge in [-0.2, -0.15) is 10.1 Å². The van der Waals surface area contributed by atoms with Crippen molar-refractivity contribution >= 4 is 5.91 Å². The van der Waals surface area contributed by atoms with Gasteiger partial charge in [-0.15, -0.1) is 0 Å². The van der Waals surface area contributed by atoms with Gasteiger partial charge in [-0.1, -0.05) is 32.9 Å². The molecule has 8 heteroatoms.